The van der Waals surface area contributed by atoms with Gasteiger partial charge in [0.25, 0.3) is 0 Å². The summed E-state index contributed by atoms with van der Waals surface area (Å²) in [6.07, 6.45) is 0. The van der Waals surface area contributed by atoms with Crippen molar-refractivity contribution in [2.75, 3.05) is 0 Å². The summed E-state index contributed by atoms with van der Waals surface area (Å²) in [6, 6.07) is 6.28. The lowest BCUT2D eigenvalue weighted by atomic mass is 10.1. The fraction of sp³-hybridized carbons (Fsp3) is 0.467. The van der Waals surface area contributed by atoms with Gasteiger partial charge in [-0.2, -0.15) is 0 Å². The van der Waals surface area contributed by atoms with Gasteiger partial charge in [0.15, 0.2) is 0 Å². The van der Waals surface area contributed by atoms with Crippen molar-refractivity contribution < 1.29 is 14.7 Å². The number of nitrogens with one attached hydrogen (secondary N) is 2. The third kappa shape index (κ3) is 5.40. The van der Waals surface area contributed by atoms with Crippen LogP contribution in [0.4, 0.5) is 0 Å². The molecule has 1 amide bonds. The summed E-state index contributed by atoms with van der Waals surface area (Å²) in [6.45, 7) is 8.11. The van der Waals surface area contributed by atoms with E-state index in [0.29, 0.717) is 6.54 Å². The van der Waals surface area contributed by atoms with Crippen LogP contribution in [0.15, 0.2) is 24.3 Å². The largest absolute Gasteiger partial charge is 0.478 e. The summed E-state index contributed by atoms with van der Waals surface area (Å²) < 4.78 is 0. The molecular formula is C15H22N2O3. The first kappa shape index (κ1) is 16.2. The average molecular weight is 278 g/mol. The standard InChI is InChI=1S/C15H22N2O3/c1-10(13(18)17-15(2,3)4)16-9-11-5-7-12(8-6-11)14(19)20/h5-8,10,16H,9H2,1-4H3,(H,17,18)(H,19,20). The van der Waals surface area contributed by atoms with Crippen LogP contribution in [-0.2, 0) is 11.3 Å². The molecule has 5 heteroatoms. The average Bonchev–Trinajstić information content (AvgIpc) is 2.34. The topological polar surface area (TPSA) is 78.4 Å². The number of carbonyl (C=O) groups excluding carboxylic acids is 1. The van der Waals surface area contributed by atoms with Crippen molar-refractivity contribution in [2.24, 2.45) is 0 Å². The quantitative estimate of drug-likeness (QED) is 0.767. The predicted octanol–water partition coefficient (Wildman–Crippen LogP) is 1.78. The maximum atomic E-state index is 11.9. The molecule has 0 heterocycles. The van der Waals surface area contributed by atoms with Gasteiger partial charge >= 0.3 is 5.97 Å². The van der Waals surface area contributed by atoms with E-state index in [1.807, 2.05) is 20.8 Å². The number of carbonyl (C=O) groups is 2. The van der Waals surface area contributed by atoms with Crippen molar-refractivity contribution in [2.45, 2.75) is 45.8 Å². The van der Waals surface area contributed by atoms with Crippen LogP contribution in [0, 0.1) is 0 Å². The highest BCUT2D eigenvalue weighted by molar-refractivity contribution is 5.87. The van der Waals surface area contributed by atoms with E-state index in [0.717, 1.165) is 5.56 Å². The molecule has 0 aromatic heterocycles. The molecule has 0 bridgehead atoms. The Balaban J connectivity index is 2.50. The van der Waals surface area contributed by atoms with Crippen LogP contribution in [0.5, 0.6) is 0 Å². The van der Waals surface area contributed by atoms with Gasteiger partial charge < -0.3 is 15.7 Å². The molecule has 110 valence electrons. The molecule has 5 nitrogen and oxygen atoms in total. The monoisotopic (exact) mass is 278 g/mol. The molecule has 0 aliphatic rings. The van der Waals surface area contributed by atoms with Crippen LogP contribution in [0.25, 0.3) is 0 Å². The normalized spacial score (nSPS) is 12.8. The fourth-order valence-corrected chi connectivity index (χ4v) is 1.61. The Hall–Kier alpha value is -1.88. The van der Waals surface area contributed by atoms with Crippen molar-refractivity contribution in [3.8, 4) is 0 Å². The molecule has 1 atom stereocenters. The van der Waals surface area contributed by atoms with E-state index in [-0.39, 0.29) is 23.1 Å². The summed E-state index contributed by atoms with van der Waals surface area (Å²) >= 11 is 0. The van der Waals surface area contributed by atoms with E-state index < -0.39 is 5.97 Å². The van der Waals surface area contributed by atoms with Crippen molar-refractivity contribution in [3.05, 3.63) is 35.4 Å². The number of aromatic carboxylic acids is 1. The maximum Gasteiger partial charge on any atom is 0.335 e. The Morgan fingerprint density at radius 2 is 1.75 bits per heavy atom. The zero-order valence-electron chi connectivity index (χ0n) is 12.4. The SMILES string of the molecule is CC(NCc1ccc(C(=O)O)cc1)C(=O)NC(C)(C)C. The molecule has 0 aliphatic carbocycles. The zero-order valence-corrected chi connectivity index (χ0v) is 12.4. The molecule has 0 saturated heterocycles. The second kappa shape index (κ2) is 6.52. The van der Waals surface area contributed by atoms with E-state index in [9.17, 15) is 9.59 Å². The number of rotatable bonds is 5. The van der Waals surface area contributed by atoms with Crippen LogP contribution in [-0.4, -0.2) is 28.6 Å². The summed E-state index contributed by atoms with van der Waals surface area (Å²) in [5.74, 6) is -0.998. The number of hydrogen-bond donors (Lipinski definition) is 3. The van der Waals surface area contributed by atoms with Gasteiger partial charge in [0.1, 0.15) is 0 Å². The van der Waals surface area contributed by atoms with E-state index >= 15 is 0 Å². The molecule has 0 spiro atoms. The minimum atomic E-state index is -0.942. The van der Waals surface area contributed by atoms with Crippen LogP contribution >= 0.6 is 0 Å². The Bertz CT molecular complexity index is 475. The highest BCUT2D eigenvalue weighted by Gasteiger charge is 2.18. The number of amides is 1. The van der Waals surface area contributed by atoms with Gasteiger partial charge in [0.05, 0.1) is 11.6 Å². The molecule has 0 aliphatic heterocycles. The van der Waals surface area contributed by atoms with Crippen molar-refractivity contribution in [1.82, 2.24) is 10.6 Å². The maximum absolute atomic E-state index is 11.9. The summed E-state index contributed by atoms with van der Waals surface area (Å²) in [5, 5.41) is 14.8. The molecule has 3 N–H and O–H groups in total. The van der Waals surface area contributed by atoms with Gasteiger partial charge in [-0.15, -0.1) is 0 Å². The summed E-state index contributed by atoms with van der Waals surface area (Å²) in [5.41, 5.74) is 0.938. The lowest BCUT2D eigenvalue weighted by Crippen LogP contribution is -2.49. The third-order valence-corrected chi connectivity index (χ3v) is 2.70. The van der Waals surface area contributed by atoms with E-state index in [2.05, 4.69) is 10.6 Å². The smallest absolute Gasteiger partial charge is 0.335 e. The zero-order chi connectivity index (χ0) is 15.3. The molecule has 1 rings (SSSR count). The van der Waals surface area contributed by atoms with E-state index in [1.165, 1.54) is 0 Å². The van der Waals surface area contributed by atoms with E-state index in [1.54, 1.807) is 31.2 Å². The number of hydrogen-bond acceptors (Lipinski definition) is 3. The first-order valence-electron chi connectivity index (χ1n) is 6.57. The minimum Gasteiger partial charge on any atom is -0.478 e. The number of carboxylic acids is 1. The van der Waals surface area contributed by atoms with Gasteiger partial charge in [-0.1, -0.05) is 12.1 Å². The van der Waals surface area contributed by atoms with Gasteiger partial charge in [-0.25, -0.2) is 4.79 Å². The Morgan fingerprint density at radius 3 is 2.20 bits per heavy atom. The van der Waals surface area contributed by atoms with Gasteiger partial charge in [0.2, 0.25) is 5.91 Å². The van der Waals surface area contributed by atoms with Crippen molar-refractivity contribution in [3.63, 3.8) is 0 Å². The van der Waals surface area contributed by atoms with Gasteiger partial charge in [-0.3, -0.25) is 4.79 Å². The van der Waals surface area contributed by atoms with Crippen LogP contribution < -0.4 is 10.6 Å². The molecule has 0 fully saturated rings. The minimum absolute atomic E-state index is 0.0559. The Labute approximate surface area is 119 Å². The first-order chi connectivity index (χ1) is 9.19. The van der Waals surface area contributed by atoms with Crippen LogP contribution in [0.2, 0.25) is 0 Å². The van der Waals surface area contributed by atoms with Gasteiger partial charge in [-0.05, 0) is 45.4 Å². The molecule has 1 aromatic carbocycles. The molecule has 0 radical (unpaired) electrons. The number of benzene rings is 1. The molecule has 1 aromatic rings. The van der Waals surface area contributed by atoms with Crippen molar-refractivity contribution in [1.29, 1.82) is 0 Å². The van der Waals surface area contributed by atoms with Gasteiger partial charge in [0, 0.05) is 12.1 Å². The summed E-state index contributed by atoms with van der Waals surface area (Å²) in [7, 11) is 0. The van der Waals surface area contributed by atoms with Crippen LogP contribution in [0.1, 0.15) is 43.6 Å². The molecule has 20 heavy (non-hydrogen) atoms. The molecule has 1 unspecified atom stereocenters. The second-order valence-electron chi connectivity index (χ2n) is 5.84. The lowest BCUT2D eigenvalue weighted by molar-refractivity contribution is -0.124. The highest BCUT2D eigenvalue weighted by Crippen LogP contribution is 2.05. The molecular weight excluding hydrogens is 256 g/mol. The fourth-order valence-electron chi connectivity index (χ4n) is 1.61. The van der Waals surface area contributed by atoms with E-state index in [4.69, 9.17) is 5.11 Å². The summed E-state index contributed by atoms with van der Waals surface area (Å²) in [4.78, 5) is 22.6. The predicted molar refractivity (Wildman–Crippen MR) is 77.6 cm³/mol. The molecule has 0 saturated carbocycles. The highest BCUT2D eigenvalue weighted by atomic mass is 16.4. The Morgan fingerprint density at radius 1 is 1.20 bits per heavy atom. The third-order valence-electron chi connectivity index (χ3n) is 2.70. The Kier molecular flexibility index (Phi) is 5.27. The van der Waals surface area contributed by atoms with Crippen LogP contribution in [0.3, 0.4) is 0 Å². The second-order valence-corrected chi connectivity index (χ2v) is 5.84. The first-order valence-corrected chi connectivity index (χ1v) is 6.57. The van der Waals surface area contributed by atoms with Crippen molar-refractivity contribution >= 4 is 11.9 Å². The lowest BCUT2D eigenvalue weighted by Gasteiger charge is -2.23. The number of carboxylic acid groups (broad SMARTS) is 1.